The van der Waals surface area contributed by atoms with E-state index in [-0.39, 0.29) is 5.82 Å². The first kappa shape index (κ1) is 14.3. The maximum atomic E-state index is 13.4. The summed E-state index contributed by atoms with van der Waals surface area (Å²) in [5.74, 6) is -0.157. The summed E-state index contributed by atoms with van der Waals surface area (Å²) >= 11 is 0. The number of rotatable bonds is 4. The van der Waals surface area contributed by atoms with Crippen molar-refractivity contribution in [3.63, 3.8) is 0 Å². The van der Waals surface area contributed by atoms with E-state index in [9.17, 15) is 4.39 Å². The summed E-state index contributed by atoms with van der Waals surface area (Å²) < 4.78 is 13.4. The first-order chi connectivity index (χ1) is 9.26. The minimum absolute atomic E-state index is 0.157. The Kier molecular flexibility index (Phi) is 5.20. The third-order valence-electron chi connectivity index (χ3n) is 4.11. The molecule has 2 rings (SSSR count). The van der Waals surface area contributed by atoms with Gasteiger partial charge in [0.2, 0.25) is 0 Å². The fraction of sp³-hybridized carbons (Fsp3) is 0.625. The Morgan fingerprint density at radius 2 is 2.16 bits per heavy atom. The molecular weight excluding hydrogens is 239 g/mol. The topological polar surface area (TPSA) is 29.3 Å². The van der Waals surface area contributed by atoms with Gasteiger partial charge in [0.15, 0.2) is 0 Å². The van der Waals surface area contributed by atoms with Gasteiger partial charge in [0, 0.05) is 18.3 Å². The molecule has 106 valence electrons. The Balaban J connectivity index is 2.31. The molecule has 0 bridgehead atoms. The van der Waals surface area contributed by atoms with Crippen molar-refractivity contribution in [2.24, 2.45) is 5.73 Å². The SMILES string of the molecule is CCC1CCCCCN1c1ccc(F)cc1CCN. The maximum Gasteiger partial charge on any atom is 0.123 e. The van der Waals surface area contributed by atoms with Crippen LogP contribution in [0.15, 0.2) is 18.2 Å². The van der Waals surface area contributed by atoms with E-state index >= 15 is 0 Å². The van der Waals surface area contributed by atoms with Gasteiger partial charge in [-0.2, -0.15) is 0 Å². The predicted molar refractivity (Wildman–Crippen MR) is 79.1 cm³/mol. The molecule has 1 fully saturated rings. The van der Waals surface area contributed by atoms with Crippen LogP contribution in [-0.2, 0) is 6.42 Å². The molecule has 1 heterocycles. The normalized spacial score (nSPS) is 20.4. The standard InChI is InChI=1S/C16H25FN2/c1-2-15-6-4-3-5-11-19(15)16-8-7-14(17)12-13(16)9-10-18/h7-8,12,15H,2-6,9-11,18H2,1H3. The van der Waals surface area contributed by atoms with Crippen LogP contribution in [0.2, 0.25) is 0 Å². The van der Waals surface area contributed by atoms with Gasteiger partial charge in [0.25, 0.3) is 0 Å². The van der Waals surface area contributed by atoms with Crippen molar-refractivity contribution in [3.8, 4) is 0 Å². The van der Waals surface area contributed by atoms with Crippen LogP contribution in [0.25, 0.3) is 0 Å². The Bertz CT molecular complexity index is 406. The second-order valence-electron chi connectivity index (χ2n) is 5.42. The molecule has 1 aliphatic heterocycles. The van der Waals surface area contributed by atoms with E-state index in [2.05, 4.69) is 11.8 Å². The fourth-order valence-corrected chi connectivity index (χ4v) is 3.11. The van der Waals surface area contributed by atoms with Crippen molar-refractivity contribution in [1.82, 2.24) is 0 Å². The lowest BCUT2D eigenvalue weighted by molar-refractivity contribution is 0.553. The van der Waals surface area contributed by atoms with E-state index in [1.54, 1.807) is 12.1 Å². The van der Waals surface area contributed by atoms with Gasteiger partial charge in [-0.15, -0.1) is 0 Å². The molecule has 1 saturated heterocycles. The van der Waals surface area contributed by atoms with E-state index < -0.39 is 0 Å². The monoisotopic (exact) mass is 264 g/mol. The van der Waals surface area contributed by atoms with Crippen molar-refractivity contribution in [3.05, 3.63) is 29.6 Å². The van der Waals surface area contributed by atoms with E-state index in [0.717, 1.165) is 24.9 Å². The van der Waals surface area contributed by atoms with Gasteiger partial charge in [-0.05, 0) is 56.0 Å². The maximum absolute atomic E-state index is 13.4. The quantitative estimate of drug-likeness (QED) is 0.902. The second-order valence-corrected chi connectivity index (χ2v) is 5.42. The fourth-order valence-electron chi connectivity index (χ4n) is 3.11. The smallest absolute Gasteiger partial charge is 0.123 e. The molecule has 0 amide bonds. The number of halogens is 1. The number of hydrogen-bond acceptors (Lipinski definition) is 2. The summed E-state index contributed by atoms with van der Waals surface area (Å²) in [5.41, 5.74) is 7.92. The molecule has 2 nitrogen and oxygen atoms in total. The number of nitrogens with two attached hydrogens (primary N) is 1. The molecule has 3 heteroatoms. The summed E-state index contributed by atoms with van der Waals surface area (Å²) in [6.07, 6.45) is 6.99. The first-order valence-electron chi connectivity index (χ1n) is 7.51. The lowest BCUT2D eigenvalue weighted by Gasteiger charge is -2.33. The van der Waals surface area contributed by atoms with Crippen LogP contribution in [0.4, 0.5) is 10.1 Å². The third-order valence-corrected chi connectivity index (χ3v) is 4.11. The van der Waals surface area contributed by atoms with Crippen molar-refractivity contribution >= 4 is 5.69 Å². The van der Waals surface area contributed by atoms with Crippen LogP contribution in [0.1, 0.15) is 44.6 Å². The van der Waals surface area contributed by atoms with E-state index in [0.29, 0.717) is 12.6 Å². The average molecular weight is 264 g/mol. The lowest BCUT2D eigenvalue weighted by atomic mass is 10.0. The van der Waals surface area contributed by atoms with Crippen molar-refractivity contribution in [2.45, 2.75) is 51.5 Å². The van der Waals surface area contributed by atoms with Gasteiger partial charge in [0.1, 0.15) is 5.82 Å². The van der Waals surface area contributed by atoms with E-state index in [1.807, 2.05) is 6.07 Å². The molecule has 2 N–H and O–H groups in total. The Labute approximate surface area is 115 Å². The molecule has 19 heavy (non-hydrogen) atoms. The average Bonchev–Trinajstić information content (AvgIpc) is 2.64. The zero-order chi connectivity index (χ0) is 13.7. The molecular formula is C16H25FN2. The summed E-state index contributed by atoms with van der Waals surface area (Å²) in [6, 6.07) is 5.76. The molecule has 0 aliphatic carbocycles. The minimum atomic E-state index is -0.157. The Morgan fingerprint density at radius 1 is 1.32 bits per heavy atom. The van der Waals surface area contributed by atoms with Crippen LogP contribution < -0.4 is 10.6 Å². The summed E-state index contributed by atoms with van der Waals surface area (Å²) in [4.78, 5) is 2.48. The third kappa shape index (κ3) is 3.47. The number of anilines is 1. The van der Waals surface area contributed by atoms with E-state index in [1.165, 1.54) is 31.4 Å². The van der Waals surface area contributed by atoms with Crippen LogP contribution in [0.5, 0.6) is 0 Å². The molecule has 1 aromatic carbocycles. The first-order valence-corrected chi connectivity index (χ1v) is 7.51. The van der Waals surface area contributed by atoms with Crippen LogP contribution in [0, 0.1) is 5.82 Å². The van der Waals surface area contributed by atoms with Gasteiger partial charge in [-0.25, -0.2) is 4.39 Å². The van der Waals surface area contributed by atoms with Gasteiger partial charge in [-0.3, -0.25) is 0 Å². The molecule has 0 radical (unpaired) electrons. The second kappa shape index (κ2) is 6.90. The summed E-state index contributed by atoms with van der Waals surface area (Å²) in [5, 5.41) is 0. The van der Waals surface area contributed by atoms with Crippen molar-refractivity contribution in [2.75, 3.05) is 18.0 Å². The lowest BCUT2D eigenvalue weighted by Crippen LogP contribution is -2.35. The number of nitrogens with zero attached hydrogens (tertiary/aromatic N) is 1. The molecule has 1 aromatic rings. The van der Waals surface area contributed by atoms with Crippen molar-refractivity contribution in [1.29, 1.82) is 0 Å². The Morgan fingerprint density at radius 3 is 2.89 bits per heavy atom. The van der Waals surface area contributed by atoms with Crippen LogP contribution >= 0.6 is 0 Å². The zero-order valence-electron chi connectivity index (χ0n) is 11.9. The Hall–Kier alpha value is -1.09. The molecule has 1 atom stereocenters. The predicted octanol–water partition coefficient (Wildman–Crippen LogP) is 3.49. The largest absolute Gasteiger partial charge is 0.368 e. The van der Waals surface area contributed by atoms with Crippen molar-refractivity contribution < 1.29 is 4.39 Å². The van der Waals surface area contributed by atoms with Gasteiger partial charge >= 0.3 is 0 Å². The highest BCUT2D eigenvalue weighted by molar-refractivity contribution is 5.55. The number of hydrogen-bond donors (Lipinski definition) is 1. The van der Waals surface area contributed by atoms with Crippen LogP contribution in [-0.4, -0.2) is 19.1 Å². The van der Waals surface area contributed by atoms with Gasteiger partial charge in [0.05, 0.1) is 0 Å². The zero-order valence-corrected chi connectivity index (χ0v) is 11.9. The summed E-state index contributed by atoms with van der Waals surface area (Å²) in [7, 11) is 0. The number of benzene rings is 1. The molecule has 1 unspecified atom stereocenters. The highest BCUT2D eigenvalue weighted by Crippen LogP contribution is 2.29. The molecule has 1 aliphatic rings. The minimum Gasteiger partial charge on any atom is -0.368 e. The molecule has 0 saturated carbocycles. The molecule has 0 spiro atoms. The highest BCUT2D eigenvalue weighted by Gasteiger charge is 2.21. The molecule has 0 aromatic heterocycles. The van der Waals surface area contributed by atoms with Gasteiger partial charge < -0.3 is 10.6 Å². The van der Waals surface area contributed by atoms with E-state index in [4.69, 9.17) is 5.73 Å². The van der Waals surface area contributed by atoms with Crippen LogP contribution in [0.3, 0.4) is 0 Å². The van der Waals surface area contributed by atoms with Gasteiger partial charge in [-0.1, -0.05) is 19.8 Å². The highest BCUT2D eigenvalue weighted by atomic mass is 19.1. The summed E-state index contributed by atoms with van der Waals surface area (Å²) in [6.45, 7) is 3.90.